The second-order valence-electron chi connectivity index (χ2n) is 2.92. The smallest absolute Gasteiger partial charge is 0.0921 e. The van der Waals surface area contributed by atoms with E-state index in [1.165, 1.54) is 0 Å². The molecule has 0 amide bonds. The van der Waals surface area contributed by atoms with Gasteiger partial charge in [0.2, 0.25) is 0 Å². The van der Waals surface area contributed by atoms with Gasteiger partial charge >= 0.3 is 0 Å². The molecular formula is C8H15N3O. The van der Waals surface area contributed by atoms with Gasteiger partial charge < -0.3 is 15.8 Å². The zero-order chi connectivity index (χ0) is 8.97. The number of rotatable bonds is 4. The standard InChI is InChI=1S/C8H15N3O/c1-2-8(12)7(9)3-6-4-10-5-11-6/h4-5,7-8,12H,2-3,9H2,1H3,(H,10,11). The van der Waals surface area contributed by atoms with Crippen molar-refractivity contribution in [3.63, 3.8) is 0 Å². The molecule has 0 saturated carbocycles. The Bertz CT molecular complexity index is 210. The average Bonchev–Trinajstić information content (AvgIpc) is 2.55. The van der Waals surface area contributed by atoms with E-state index in [2.05, 4.69) is 9.97 Å². The zero-order valence-corrected chi connectivity index (χ0v) is 7.20. The summed E-state index contributed by atoms with van der Waals surface area (Å²) in [4.78, 5) is 6.81. The van der Waals surface area contributed by atoms with Crippen molar-refractivity contribution in [2.75, 3.05) is 0 Å². The topological polar surface area (TPSA) is 74.9 Å². The number of hydrogen-bond acceptors (Lipinski definition) is 3. The number of imidazole rings is 1. The fourth-order valence-electron chi connectivity index (χ4n) is 1.09. The predicted molar refractivity (Wildman–Crippen MR) is 46.6 cm³/mol. The quantitative estimate of drug-likeness (QED) is 0.596. The van der Waals surface area contributed by atoms with Crippen LogP contribution in [0.3, 0.4) is 0 Å². The van der Waals surface area contributed by atoms with Gasteiger partial charge in [0.1, 0.15) is 0 Å². The first kappa shape index (κ1) is 9.22. The van der Waals surface area contributed by atoms with Crippen LogP contribution in [-0.2, 0) is 6.42 Å². The highest BCUT2D eigenvalue weighted by Crippen LogP contribution is 2.02. The SMILES string of the molecule is CCC(O)C(N)Cc1cnc[nH]1. The van der Waals surface area contributed by atoms with Crippen LogP contribution < -0.4 is 5.73 Å². The summed E-state index contributed by atoms with van der Waals surface area (Å²) in [5.41, 5.74) is 6.69. The molecule has 4 N–H and O–H groups in total. The highest BCUT2D eigenvalue weighted by atomic mass is 16.3. The van der Waals surface area contributed by atoms with E-state index in [4.69, 9.17) is 5.73 Å². The third-order valence-corrected chi connectivity index (χ3v) is 1.92. The van der Waals surface area contributed by atoms with Crippen molar-refractivity contribution in [3.05, 3.63) is 18.2 Å². The molecule has 12 heavy (non-hydrogen) atoms. The lowest BCUT2D eigenvalue weighted by Gasteiger charge is -2.15. The van der Waals surface area contributed by atoms with E-state index in [-0.39, 0.29) is 6.04 Å². The minimum Gasteiger partial charge on any atom is -0.392 e. The highest BCUT2D eigenvalue weighted by molar-refractivity contribution is 4.98. The van der Waals surface area contributed by atoms with E-state index in [0.717, 1.165) is 5.69 Å². The van der Waals surface area contributed by atoms with Crippen LogP contribution in [0.4, 0.5) is 0 Å². The summed E-state index contributed by atoms with van der Waals surface area (Å²) in [6.07, 6.45) is 4.25. The maximum atomic E-state index is 9.37. The van der Waals surface area contributed by atoms with Crippen LogP contribution in [0.5, 0.6) is 0 Å². The van der Waals surface area contributed by atoms with Crippen molar-refractivity contribution in [1.29, 1.82) is 0 Å². The second-order valence-corrected chi connectivity index (χ2v) is 2.92. The first-order chi connectivity index (χ1) is 5.74. The summed E-state index contributed by atoms with van der Waals surface area (Å²) >= 11 is 0. The minimum absolute atomic E-state index is 0.199. The van der Waals surface area contributed by atoms with Gasteiger partial charge in [-0.15, -0.1) is 0 Å². The molecule has 1 heterocycles. The normalized spacial score (nSPS) is 15.9. The van der Waals surface area contributed by atoms with Crippen molar-refractivity contribution in [1.82, 2.24) is 9.97 Å². The lowest BCUT2D eigenvalue weighted by molar-refractivity contribution is 0.139. The van der Waals surface area contributed by atoms with E-state index in [1.807, 2.05) is 6.92 Å². The third-order valence-electron chi connectivity index (χ3n) is 1.92. The van der Waals surface area contributed by atoms with Crippen LogP contribution in [0.15, 0.2) is 12.5 Å². The van der Waals surface area contributed by atoms with Crippen molar-refractivity contribution >= 4 is 0 Å². The van der Waals surface area contributed by atoms with Gasteiger partial charge in [-0.25, -0.2) is 4.98 Å². The Morgan fingerprint density at radius 3 is 3.00 bits per heavy atom. The van der Waals surface area contributed by atoms with Gasteiger partial charge in [0.05, 0.1) is 12.4 Å². The molecule has 2 unspecified atom stereocenters. The van der Waals surface area contributed by atoms with Gasteiger partial charge in [0, 0.05) is 24.4 Å². The monoisotopic (exact) mass is 169 g/mol. The van der Waals surface area contributed by atoms with Gasteiger partial charge in [-0.3, -0.25) is 0 Å². The summed E-state index contributed by atoms with van der Waals surface area (Å²) < 4.78 is 0. The molecule has 1 rings (SSSR count). The predicted octanol–water partition coefficient (Wildman–Crippen LogP) is 0.0504. The third kappa shape index (κ3) is 2.32. The maximum absolute atomic E-state index is 9.37. The lowest BCUT2D eigenvalue weighted by atomic mass is 10.1. The Kier molecular flexibility index (Phi) is 3.25. The van der Waals surface area contributed by atoms with Crippen LogP contribution in [0.25, 0.3) is 0 Å². The van der Waals surface area contributed by atoms with Crippen molar-refractivity contribution < 1.29 is 5.11 Å². The summed E-state index contributed by atoms with van der Waals surface area (Å²) in [7, 11) is 0. The zero-order valence-electron chi connectivity index (χ0n) is 7.20. The first-order valence-corrected chi connectivity index (χ1v) is 4.15. The fraction of sp³-hybridized carbons (Fsp3) is 0.625. The van der Waals surface area contributed by atoms with Crippen LogP contribution in [0.2, 0.25) is 0 Å². The van der Waals surface area contributed by atoms with E-state index in [0.29, 0.717) is 12.8 Å². The number of aromatic nitrogens is 2. The number of aromatic amines is 1. The molecule has 1 aromatic rings. The number of hydrogen-bond donors (Lipinski definition) is 3. The van der Waals surface area contributed by atoms with E-state index in [1.54, 1.807) is 12.5 Å². The van der Waals surface area contributed by atoms with Crippen LogP contribution in [-0.4, -0.2) is 27.2 Å². The molecule has 0 aliphatic carbocycles. The number of nitrogens with zero attached hydrogens (tertiary/aromatic N) is 1. The molecule has 4 nitrogen and oxygen atoms in total. The van der Waals surface area contributed by atoms with Gasteiger partial charge in [0.25, 0.3) is 0 Å². The van der Waals surface area contributed by atoms with Crippen LogP contribution >= 0.6 is 0 Å². The molecule has 0 aliphatic rings. The molecule has 0 fully saturated rings. The van der Waals surface area contributed by atoms with E-state index in [9.17, 15) is 5.11 Å². The number of aliphatic hydroxyl groups is 1. The molecule has 0 aliphatic heterocycles. The molecule has 1 aromatic heterocycles. The van der Waals surface area contributed by atoms with E-state index >= 15 is 0 Å². The summed E-state index contributed by atoms with van der Waals surface area (Å²) in [5.74, 6) is 0. The van der Waals surface area contributed by atoms with Crippen LogP contribution in [0.1, 0.15) is 19.0 Å². The van der Waals surface area contributed by atoms with Gasteiger partial charge in [0.15, 0.2) is 0 Å². The van der Waals surface area contributed by atoms with Gasteiger partial charge in [-0.1, -0.05) is 6.92 Å². The molecular weight excluding hydrogens is 154 g/mol. The molecule has 0 saturated heterocycles. The van der Waals surface area contributed by atoms with Crippen molar-refractivity contribution in [2.24, 2.45) is 5.73 Å². The molecule has 68 valence electrons. The molecule has 2 atom stereocenters. The lowest BCUT2D eigenvalue weighted by Crippen LogP contribution is -2.36. The Hall–Kier alpha value is -0.870. The Balaban J connectivity index is 2.41. The van der Waals surface area contributed by atoms with E-state index < -0.39 is 6.10 Å². The molecule has 0 radical (unpaired) electrons. The Labute approximate surface area is 71.8 Å². The van der Waals surface area contributed by atoms with Gasteiger partial charge in [-0.05, 0) is 6.42 Å². The maximum Gasteiger partial charge on any atom is 0.0921 e. The Morgan fingerprint density at radius 1 is 1.75 bits per heavy atom. The molecule has 0 aromatic carbocycles. The molecule has 0 spiro atoms. The molecule has 0 bridgehead atoms. The average molecular weight is 169 g/mol. The number of nitrogens with one attached hydrogen (secondary N) is 1. The number of nitrogens with two attached hydrogens (primary N) is 1. The summed E-state index contributed by atoms with van der Waals surface area (Å²) in [6.45, 7) is 1.91. The van der Waals surface area contributed by atoms with Gasteiger partial charge in [-0.2, -0.15) is 0 Å². The summed E-state index contributed by atoms with van der Waals surface area (Å²) in [6, 6.07) is -0.199. The fourth-order valence-corrected chi connectivity index (χ4v) is 1.09. The highest BCUT2D eigenvalue weighted by Gasteiger charge is 2.13. The largest absolute Gasteiger partial charge is 0.392 e. The molecule has 4 heteroatoms. The number of H-pyrrole nitrogens is 1. The minimum atomic E-state index is -0.423. The Morgan fingerprint density at radius 2 is 2.50 bits per heavy atom. The van der Waals surface area contributed by atoms with Crippen molar-refractivity contribution in [2.45, 2.75) is 31.9 Å². The number of aliphatic hydroxyl groups excluding tert-OH is 1. The summed E-state index contributed by atoms with van der Waals surface area (Å²) in [5, 5.41) is 9.37. The van der Waals surface area contributed by atoms with Crippen molar-refractivity contribution in [3.8, 4) is 0 Å². The van der Waals surface area contributed by atoms with Crippen LogP contribution in [0, 0.1) is 0 Å². The first-order valence-electron chi connectivity index (χ1n) is 4.15. The second kappa shape index (κ2) is 4.23.